The molecule has 1 aromatic heterocycles. The van der Waals surface area contributed by atoms with Crippen molar-refractivity contribution in [1.29, 1.82) is 0 Å². The summed E-state index contributed by atoms with van der Waals surface area (Å²) in [7, 11) is 0. The van der Waals surface area contributed by atoms with Crippen LogP contribution in [0.15, 0.2) is 22.7 Å². The molecule has 1 aliphatic rings. The number of anilines is 1. The molecule has 1 fully saturated rings. The van der Waals surface area contributed by atoms with Crippen molar-refractivity contribution in [3.8, 4) is 0 Å². The largest absolute Gasteiger partial charge is 0.366 e. The van der Waals surface area contributed by atoms with Gasteiger partial charge in [0.05, 0.1) is 5.69 Å². The van der Waals surface area contributed by atoms with Crippen LogP contribution >= 0.6 is 0 Å². The predicted molar refractivity (Wildman–Crippen MR) is 106 cm³/mol. The fourth-order valence-electron chi connectivity index (χ4n) is 3.44. The molecule has 1 aromatic carbocycles. The second-order valence-corrected chi connectivity index (χ2v) is 7.30. The Hall–Kier alpha value is -2.77. The van der Waals surface area contributed by atoms with Crippen LogP contribution < -0.4 is 4.90 Å². The number of nitrogens with zero attached hydrogens (tertiary/aromatic N) is 4. The van der Waals surface area contributed by atoms with Gasteiger partial charge in [-0.25, -0.2) is 4.39 Å². The van der Waals surface area contributed by atoms with Crippen LogP contribution in [0.1, 0.15) is 55.2 Å². The zero-order valence-electron chi connectivity index (χ0n) is 17.0. The van der Waals surface area contributed by atoms with Gasteiger partial charge in [-0.1, -0.05) is 12.1 Å². The normalized spacial score (nSPS) is 14.3. The number of ketones is 1. The quantitative estimate of drug-likeness (QED) is 0.632. The predicted octanol–water partition coefficient (Wildman–Crippen LogP) is 3.04. The molecular weight excluding hydrogens is 375 g/mol. The Labute approximate surface area is 169 Å². The summed E-state index contributed by atoms with van der Waals surface area (Å²) < 4.78 is 19.5. The highest BCUT2D eigenvalue weighted by Gasteiger charge is 2.23. The molecule has 1 aliphatic heterocycles. The standard InChI is InChI=1S/C21H27FN4O3/c1-3-5-19-23-20(29-24-19)6-4-7-21(28)26-12-10-25(11-13-26)18-9-8-16(15(2)27)14-17(18)22/h8-9,14H,3-7,10-13H2,1-2H3. The topological polar surface area (TPSA) is 79.5 Å². The zero-order valence-corrected chi connectivity index (χ0v) is 17.0. The number of carbonyl (C=O) groups is 2. The van der Waals surface area contributed by atoms with E-state index < -0.39 is 5.82 Å². The maximum atomic E-state index is 14.3. The highest BCUT2D eigenvalue weighted by atomic mass is 19.1. The molecule has 0 saturated carbocycles. The summed E-state index contributed by atoms with van der Waals surface area (Å²) in [6.07, 6.45) is 3.44. The number of hydrogen-bond donors (Lipinski definition) is 0. The number of rotatable bonds is 8. The molecule has 1 amide bonds. The number of carbonyl (C=O) groups excluding carboxylic acids is 2. The monoisotopic (exact) mass is 402 g/mol. The number of halogens is 1. The minimum Gasteiger partial charge on any atom is -0.366 e. The number of amides is 1. The van der Waals surface area contributed by atoms with Gasteiger partial charge < -0.3 is 14.3 Å². The van der Waals surface area contributed by atoms with Crippen LogP contribution in [0.4, 0.5) is 10.1 Å². The lowest BCUT2D eigenvalue weighted by Crippen LogP contribution is -2.49. The molecular formula is C21H27FN4O3. The van der Waals surface area contributed by atoms with Gasteiger partial charge in [-0.3, -0.25) is 9.59 Å². The Morgan fingerprint density at radius 2 is 1.93 bits per heavy atom. The van der Waals surface area contributed by atoms with Crippen LogP contribution in [0.25, 0.3) is 0 Å². The third-order valence-electron chi connectivity index (χ3n) is 5.09. The van der Waals surface area contributed by atoms with Gasteiger partial charge in [-0.2, -0.15) is 4.98 Å². The van der Waals surface area contributed by atoms with E-state index in [1.165, 1.54) is 13.0 Å². The Balaban J connectivity index is 1.45. The van der Waals surface area contributed by atoms with Crippen molar-refractivity contribution < 1.29 is 18.5 Å². The summed E-state index contributed by atoms with van der Waals surface area (Å²) >= 11 is 0. The summed E-state index contributed by atoms with van der Waals surface area (Å²) in [5.74, 6) is 0.821. The lowest BCUT2D eigenvalue weighted by atomic mass is 10.1. The first-order valence-electron chi connectivity index (χ1n) is 10.1. The van der Waals surface area contributed by atoms with E-state index in [9.17, 15) is 14.0 Å². The van der Waals surface area contributed by atoms with Crippen LogP contribution in [0.5, 0.6) is 0 Å². The van der Waals surface area contributed by atoms with Gasteiger partial charge in [0, 0.05) is 51.0 Å². The Bertz CT molecular complexity index is 859. The lowest BCUT2D eigenvalue weighted by molar-refractivity contribution is -0.131. The Morgan fingerprint density at radius 1 is 1.17 bits per heavy atom. The van der Waals surface area contributed by atoms with E-state index in [0.29, 0.717) is 68.4 Å². The molecule has 156 valence electrons. The number of aryl methyl sites for hydroxylation is 2. The van der Waals surface area contributed by atoms with Crippen molar-refractivity contribution in [2.75, 3.05) is 31.1 Å². The maximum Gasteiger partial charge on any atom is 0.226 e. The fraction of sp³-hybridized carbons (Fsp3) is 0.524. The minimum atomic E-state index is -0.403. The van der Waals surface area contributed by atoms with Gasteiger partial charge >= 0.3 is 0 Å². The van der Waals surface area contributed by atoms with E-state index in [4.69, 9.17) is 4.52 Å². The van der Waals surface area contributed by atoms with Crippen LogP contribution in [-0.2, 0) is 17.6 Å². The highest BCUT2D eigenvalue weighted by molar-refractivity contribution is 5.94. The molecule has 29 heavy (non-hydrogen) atoms. The maximum absolute atomic E-state index is 14.3. The van der Waals surface area contributed by atoms with E-state index in [-0.39, 0.29) is 11.7 Å². The Morgan fingerprint density at radius 3 is 2.59 bits per heavy atom. The molecule has 1 saturated heterocycles. The molecule has 0 bridgehead atoms. The molecule has 2 heterocycles. The molecule has 0 spiro atoms. The van der Waals surface area contributed by atoms with E-state index in [1.807, 2.05) is 9.80 Å². The summed E-state index contributed by atoms with van der Waals surface area (Å²) in [5, 5.41) is 3.92. The van der Waals surface area contributed by atoms with Crippen LogP contribution in [0.3, 0.4) is 0 Å². The number of Topliss-reactive ketones (excluding diaryl/α,β-unsaturated/α-hetero) is 1. The lowest BCUT2D eigenvalue weighted by Gasteiger charge is -2.36. The smallest absolute Gasteiger partial charge is 0.226 e. The van der Waals surface area contributed by atoms with Gasteiger partial charge in [0.1, 0.15) is 5.82 Å². The number of piperazine rings is 1. The molecule has 0 radical (unpaired) electrons. The van der Waals surface area contributed by atoms with Crippen molar-refractivity contribution in [1.82, 2.24) is 15.0 Å². The van der Waals surface area contributed by atoms with E-state index in [2.05, 4.69) is 17.1 Å². The summed E-state index contributed by atoms with van der Waals surface area (Å²) in [4.78, 5) is 31.9. The molecule has 0 unspecified atom stereocenters. The number of benzene rings is 1. The van der Waals surface area contributed by atoms with Crippen molar-refractivity contribution in [2.45, 2.75) is 46.0 Å². The third kappa shape index (κ3) is 5.40. The summed E-state index contributed by atoms with van der Waals surface area (Å²) in [6, 6.07) is 4.56. The summed E-state index contributed by atoms with van der Waals surface area (Å²) in [5.41, 5.74) is 0.838. The average Bonchev–Trinajstić information content (AvgIpc) is 3.15. The first kappa shape index (κ1) is 21.0. The highest BCUT2D eigenvalue weighted by Crippen LogP contribution is 2.22. The van der Waals surface area contributed by atoms with Crippen molar-refractivity contribution in [2.24, 2.45) is 0 Å². The van der Waals surface area contributed by atoms with Gasteiger partial charge in [0.25, 0.3) is 0 Å². The van der Waals surface area contributed by atoms with E-state index in [1.54, 1.807) is 12.1 Å². The van der Waals surface area contributed by atoms with Gasteiger partial charge in [0.2, 0.25) is 11.8 Å². The molecule has 0 atom stereocenters. The second-order valence-electron chi connectivity index (χ2n) is 7.30. The van der Waals surface area contributed by atoms with Crippen molar-refractivity contribution >= 4 is 17.4 Å². The first-order valence-corrected chi connectivity index (χ1v) is 10.1. The van der Waals surface area contributed by atoms with Crippen LogP contribution in [-0.4, -0.2) is 52.9 Å². The first-order chi connectivity index (χ1) is 14.0. The van der Waals surface area contributed by atoms with Crippen molar-refractivity contribution in [3.05, 3.63) is 41.3 Å². The zero-order chi connectivity index (χ0) is 20.8. The number of hydrogen-bond acceptors (Lipinski definition) is 6. The summed E-state index contributed by atoms with van der Waals surface area (Å²) in [6.45, 7) is 5.70. The molecule has 3 rings (SSSR count). The molecule has 0 N–H and O–H groups in total. The van der Waals surface area contributed by atoms with Crippen molar-refractivity contribution in [3.63, 3.8) is 0 Å². The average molecular weight is 402 g/mol. The number of aromatic nitrogens is 2. The fourth-order valence-corrected chi connectivity index (χ4v) is 3.44. The van der Waals surface area contributed by atoms with Crippen LogP contribution in [0.2, 0.25) is 0 Å². The van der Waals surface area contributed by atoms with E-state index in [0.717, 1.165) is 12.8 Å². The third-order valence-corrected chi connectivity index (χ3v) is 5.09. The van der Waals surface area contributed by atoms with Gasteiger partial charge in [-0.05, 0) is 38.0 Å². The molecule has 2 aromatic rings. The van der Waals surface area contributed by atoms with Crippen LogP contribution in [0, 0.1) is 5.82 Å². The van der Waals surface area contributed by atoms with Gasteiger partial charge in [0.15, 0.2) is 11.6 Å². The second kappa shape index (κ2) is 9.62. The molecule has 8 heteroatoms. The molecule has 0 aliphatic carbocycles. The molecule has 7 nitrogen and oxygen atoms in total. The SMILES string of the molecule is CCCc1noc(CCCC(=O)N2CCN(c3ccc(C(C)=O)cc3F)CC2)n1. The van der Waals surface area contributed by atoms with Gasteiger partial charge in [-0.15, -0.1) is 0 Å². The van der Waals surface area contributed by atoms with E-state index >= 15 is 0 Å². The Kier molecular flexibility index (Phi) is 6.95. The minimum absolute atomic E-state index is 0.0883.